The van der Waals surface area contributed by atoms with Crippen LogP contribution in [-0.2, 0) is 0 Å². The molecule has 168 valence electrons. The second-order valence-electron chi connectivity index (χ2n) is 7.92. The molecule has 2 heterocycles. The lowest BCUT2D eigenvalue weighted by Gasteiger charge is -2.33. The first kappa shape index (κ1) is 21.9. The number of carbonyl (C=O) groups excluding carboxylic acids is 1. The van der Waals surface area contributed by atoms with Crippen molar-refractivity contribution < 1.29 is 18.8 Å². The molecule has 1 saturated heterocycles. The average molecular weight is 436 g/mol. The van der Waals surface area contributed by atoms with Crippen molar-refractivity contribution >= 4 is 5.91 Å². The van der Waals surface area contributed by atoms with Gasteiger partial charge in [0.2, 0.25) is 11.7 Å². The topological polar surface area (TPSA) is 77.7 Å². The van der Waals surface area contributed by atoms with Crippen molar-refractivity contribution in [3.63, 3.8) is 0 Å². The first-order valence-corrected chi connectivity index (χ1v) is 11.2. The molecule has 0 radical (unpaired) electrons. The smallest absolute Gasteiger partial charge is 0.254 e. The van der Waals surface area contributed by atoms with Crippen molar-refractivity contribution in [1.29, 1.82) is 0 Å². The third-order valence-electron chi connectivity index (χ3n) is 5.71. The second-order valence-corrected chi connectivity index (χ2v) is 7.92. The Hall–Kier alpha value is -3.35. The lowest BCUT2D eigenvalue weighted by molar-refractivity contribution is 0.0561. The molecule has 1 unspecified atom stereocenters. The predicted molar refractivity (Wildman–Crippen MR) is 121 cm³/mol. The Balaban J connectivity index is 1.49. The van der Waals surface area contributed by atoms with Gasteiger partial charge in [0, 0.05) is 17.7 Å². The van der Waals surface area contributed by atoms with E-state index in [9.17, 15) is 4.79 Å². The maximum Gasteiger partial charge on any atom is 0.254 e. The SMILES string of the molecule is CCCCOc1ccc(C(=O)N2CCCCC2c2nc(-c3ccc(OC)cc3)no2)cc1. The standard InChI is InChI=1S/C25H29N3O4/c1-3-4-17-31-21-14-10-19(11-15-21)25(29)28-16-6-5-7-22(28)24-26-23(27-32-24)18-8-12-20(30-2)13-9-18/h8-15,22H,3-7,16-17H2,1-2H3. The maximum atomic E-state index is 13.3. The number of aromatic nitrogens is 2. The van der Waals surface area contributed by atoms with E-state index in [1.165, 1.54) is 0 Å². The monoisotopic (exact) mass is 435 g/mol. The van der Waals surface area contributed by atoms with Gasteiger partial charge in [-0.25, -0.2) is 0 Å². The van der Waals surface area contributed by atoms with E-state index in [0.717, 1.165) is 49.2 Å². The third kappa shape index (κ3) is 4.93. The van der Waals surface area contributed by atoms with Crippen LogP contribution in [0.4, 0.5) is 0 Å². The molecule has 1 amide bonds. The minimum Gasteiger partial charge on any atom is -0.497 e. The number of benzene rings is 2. The second kappa shape index (κ2) is 10.3. The lowest BCUT2D eigenvalue weighted by Crippen LogP contribution is -2.38. The molecule has 0 spiro atoms. The van der Waals surface area contributed by atoms with Gasteiger partial charge < -0.3 is 18.9 Å². The van der Waals surface area contributed by atoms with E-state index in [-0.39, 0.29) is 11.9 Å². The van der Waals surface area contributed by atoms with Crippen LogP contribution in [0.1, 0.15) is 61.3 Å². The van der Waals surface area contributed by atoms with Crippen LogP contribution in [0.15, 0.2) is 53.1 Å². The van der Waals surface area contributed by atoms with Gasteiger partial charge in [-0.3, -0.25) is 4.79 Å². The van der Waals surface area contributed by atoms with Gasteiger partial charge >= 0.3 is 0 Å². The summed E-state index contributed by atoms with van der Waals surface area (Å²) in [6, 6.07) is 14.6. The van der Waals surface area contributed by atoms with Crippen LogP contribution in [0.25, 0.3) is 11.4 Å². The zero-order valence-electron chi connectivity index (χ0n) is 18.6. The zero-order valence-corrected chi connectivity index (χ0v) is 18.6. The molecule has 0 N–H and O–H groups in total. The number of carbonyl (C=O) groups is 1. The third-order valence-corrected chi connectivity index (χ3v) is 5.71. The van der Waals surface area contributed by atoms with Crippen LogP contribution in [0.5, 0.6) is 11.5 Å². The quantitative estimate of drug-likeness (QED) is 0.447. The van der Waals surface area contributed by atoms with Crippen LogP contribution in [0.2, 0.25) is 0 Å². The van der Waals surface area contributed by atoms with E-state index < -0.39 is 0 Å². The number of hydrogen-bond acceptors (Lipinski definition) is 6. The number of unbranched alkanes of at least 4 members (excludes halogenated alkanes) is 1. The van der Waals surface area contributed by atoms with Crippen molar-refractivity contribution in [3.05, 3.63) is 60.0 Å². The number of likely N-dealkylation sites (tertiary alicyclic amines) is 1. The summed E-state index contributed by atoms with van der Waals surface area (Å²) in [7, 11) is 1.63. The van der Waals surface area contributed by atoms with E-state index in [2.05, 4.69) is 17.1 Å². The fourth-order valence-electron chi connectivity index (χ4n) is 3.85. The number of nitrogens with zero attached hydrogens (tertiary/aromatic N) is 3. The molecule has 7 heteroatoms. The zero-order chi connectivity index (χ0) is 22.3. The molecule has 1 atom stereocenters. The van der Waals surface area contributed by atoms with Crippen molar-refractivity contribution in [1.82, 2.24) is 15.0 Å². The number of hydrogen-bond donors (Lipinski definition) is 0. The molecule has 1 aliphatic heterocycles. The van der Waals surface area contributed by atoms with Crippen molar-refractivity contribution in [2.45, 2.75) is 45.1 Å². The number of amides is 1. The maximum absolute atomic E-state index is 13.3. The molecule has 1 aromatic heterocycles. The Bertz CT molecular complexity index is 1010. The Morgan fingerprint density at radius 2 is 1.84 bits per heavy atom. The summed E-state index contributed by atoms with van der Waals surface area (Å²) in [5.74, 6) is 2.51. The van der Waals surface area contributed by atoms with Gasteiger partial charge in [-0.05, 0) is 74.2 Å². The summed E-state index contributed by atoms with van der Waals surface area (Å²) in [6.45, 7) is 3.48. The summed E-state index contributed by atoms with van der Waals surface area (Å²) in [5, 5.41) is 4.15. The fourth-order valence-corrected chi connectivity index (χ4v) is 3.85. The molecule has 3 aromatic rings. The highest BCUT2D eigenvalue weighted by Crippen LogP contribution is 2.32. The molecule has 0 bridgehead atoms. The minimum absolute atomic E-state index is 0.0287. The number of rotatable bonds is 8. The molecular weight excluding hydrogens is 406 g/mol. The van der Waals surface area contributed by atoms with Gasteiger partial charge in [-0.2, -0.15) is 4.98 Å². The van der Waals surface area contributed by atoms with Crippen molar-refractivity contribution in [3.8, 4) is 22.9 Å². The Kier molecular flexibility index (Phi) is 7.04. The summed E-state index contributed by atoms with van der Waals surface area (Å²) in [4.78, 5) is 19.7. The van der Waals surface area contributed by atoms with E-state index in [1.807, 2.05) is 53.4 Å². The van der Waals surface area contributed by atoms with Gasteiger partial charge in [0.05, 0.1) is 13.7 Å². The van der Waals surface area contributed by atoms with Crippen molar-refractivity contribution in [2.24, 2.45) is 0 Å². The molecule has 7 nitrogen and oxygen atoms in total. The Morgan fingerprint density at radius 3 is 2.56 bits per heavy atom. The van der Waals surface area contributed by atoms with Crippen LogP contribution in [-0.4, -0.2) is 41.2 Å². The highest BCUT2D eigenvalue weighted by molar-refractivity contribution is 5.94. The van der Waals surface area contributed by atoms with Gasteiger partial charge in [0.1, 0.15) is 17.5 Å². The predicted octanol–water partition coefficient (Wildman–Crippen LogP) is 5.29. The molecule has 2 aromatic carbocycles. The Morgan fingerprint density at radius 1 is 1.09 bits per heavy atom. The summed E-state index contributed by atoms with van der Waals surface area (Å²) in [6.07, 6.45) is 4.87. The molecule has 1 aliphatic rings. The molecular formula is C25H29N3O4. The van der Waals surface area contributed by atoms with E-state index in [0.29, 0.717) is 30.4 Å². The summed E-state index contributed by atoms with van der Waals surface area (Å²) < 4.78 is 16.5. The first-order valence-electron chi connectivity index (χ1n) is 11.2. The molecule has 0 saturated carbocycles. The molecule has 0 aliphatic carbocycles. The first-order chi connectivity index (χ1) is 15.7. The normalized spacial score (nSPS) is 16.1. The van der Waals surface area contributed by atoms with E-state index >= 15 is 0 Å². The van der Waals surface area contributed by atoms with E-state index in [1.54, 1.807) is 7.11 Å². The summed E-state index contributed by atoms with van der Waals surface area (Å²) in [5.41, 5.74) is 1.47. The van der Waals surface area contributed by atoms with Crippen LogP contribution < -0.4 is 9.47 Å². The molecule has 1 fully saturated rings. The lowest BCUT2D eigenvalue weighted by atomic mass is 10.0. The van der Waals surface area contributed by atoms with Gasteiger partial charge in [0.15, 0.2) is 0 Å². The van der Waals surface area contributed by atoms with Crippen LogP contribution in [0.3, 0.4) is 0 Å². The number of ether oxygens (including phenoxy) is 2. The number of piperidine rings is 1. The average Bonchev–Trinajstić information content (AvgIpc) is 3.34. The van der Waals surface area contributed by atoms with Gasteiger partial charge in [-0.15, -0.1) is 0 Å². The van der Waals surface area contributed by atoms with Gasteiger partial charge in [0.25, 0.3) is 5.91 Å². The molecule has 4 rings (SSSR count). The number of methoxy groups -OCH3 is 1. The Labute approximate surface area is 188 Å². The van der Waals surface area contributed by atoms with Crippen LogP contribution in [0, 0.1) is 0 Å². The highest BCUT2D eigenvalue weighted by atomic mass is 16.5. The van der Waals surface area contributed by atoms with E-state index in [4.69, 9.17) is 14.0 Å². The van der Waals surface area contributed by atoms with Crippen molar-refractivity contribution in [2.75, 3.05) is 20.3 Å². The fraction of sp³-hybridized carbons (Fsp3) is 0.400. The minimum atomic E-state index is -0.226. The van der Waals surface area contributed by atoms with Crippen LogP contribution >= 0.6 is 0 Å². The largest absolute Gasteiger partial charge is 0.497 e. The van der Waals surface area contributed by atoms with Gasteiger partial charge in [-0.1, -0.05) is 18.5 Å². The summed E-state index contributed by atoms with van der Waals surface area (Å²) >= 11 is 0. The highest BCUT2D eigenvalue weighted by Gasteiger charge is 2.32. The molecule has 32 heavy (non-hydrogen) atoms.